The molecule has 2 aliphatic heterocycles. The standard InChI is InChI=1S/C27H31N7O7S/c28-14-41-10-9-40-8-7-39-6-5-29-25(37)21-12-19-23(30-15-31-26(19)42-21)32-17-1-2-18-16(11-17)13-34(27(18)38)20-3-4-22(35)33-24(20)36/h1-2,11-12,15,20H,3-10,13-14,28H2,(H,29,37)(H,30,31,32)(H,33,35,36). The third-order valence-corrected chi connectivity index (χ3v) is 7.78. The third kappa shape index (κ3) is 6.88. The Balaban J connectivity index is 1.16. The molecule has 3 aromatic rings. The Kier molecular flexibility index (Phi) is 9.66. The molecule has 2 aromatic heterocycles. The van der Waals surface area contributed by atoms with Gasteiger partial charge < -0.3 is 35.5 Å². The number of anilines is 2. The third-order valence-electron chi connectivity index (χ3n) is 6.73. The fourth-order valence-corrected chi connectivity index (χ4v) is 5.62. The van der Waals surface area contributed by atoms with Gasteiger partial charge in [0, 0.05) is 30.8 Å². The number of carbonyl (C=O) groups is 4. The summed E-state index contributed by atoms with van der Waals surface area (Å²) in [6, 6.07) is 6.37. The first-order chi connectivity index (χ1) is 20.4. The van der Waals surface area contributed by atoms with E-state index in [0.717, 1.165) is 5.56 Å². The maximum absolute atomic E-state index is 13.0. The van der Waals surface area contributed by atoms with Gasteiger partial charge in [-0.15, -0.1) is 11.3 Å². The van der Waals surface area contributed by atoms with Gasteiger partial charge >= 0.3 is 0 Å². The quantitative estimate of drug-likeness (QED) is 0.117. The molecule has 1 fully saturated rings. The van der Waals surface area contributed by atoms with Gasteiger partial charge in [0.2, 0.25) is 11.8 Å². The number of fused-ring (bicyclic) bond motifs is 2. The average molecular weight is 598 g/mol. The van der Waals surface area contributed by atoms with Crippen LogP contribution in [0, 0.1) is 0 Å². The topological polar surface area (TPSA) is 187 Å². The highest BCUT2D eigenvalue weighted by Gasteiger charge is 2.39. The number of aromatic nitrogens is 2. The minimum absolute atomic E-state index is 0.163. The number of ether oxygens (including phenoxy) is 3. The zero-order chi connectivity index (χ0) is 29.5. The fraction of sp³-hybridized carbons (Fsp3) is 0.407. The van der Waals surface area contributed by atoms with Crippen LogP contribution in [-0.4, -0.2) is 90.8 Å². The summed E-state index contributed by atoms with van der Waals surface area (Å²) in [5, 5.41) is 9.09. The van der Waals surface area contributed by atoms with Crippen molar-refractivity contribution in [2.24, 2.45) is 5.73 Å². The van der Waals surface area contributed by atoms with Crippen LogP contribution in [-0.2, 0) is 30.3 Å². The Morgan fingerprint density at radius 1 is 1.07 bits per heavy atom. The SMILES string of the molecule is NCOCCOCCOCCNC(=O)c1cc2c(Nc3ccc4c(c3)CN(C3CCC(=O)NC3=O)C4=O)ncnc2s1. The number of rotatable bonds is 14. The van der Waals surface area contributed by atoms with E-state index in [1.165, 1.54) is 22.6 Å². The molecule has 1 unspecified atom stereocenters. The van der Waals surface area contributed by atoms with Crippen LogP contribution in [0.2, 0.25) is 0 Å². The summed E-state index contributed by atoms with van der Waals surface area (Å²) in [5.41, 5.74) is 7.20. The van der Waals surface area contributed by atoms with Crippen LogP contribution in [0.3, 0.4) is 0 Å². The molecule has 0 radical (unpaired) electrons. The van der Waals surface area contributed by atoms with Gasteiger partial charge in [0.15, 0.2) is 0 Å². The molecule has 2 aliphatic rings. The number of amides is 4. The van der Waals surface area contributed by atoms with Gasteiger partial charge in [-0.3, -0.25) is 24.5 Å². The van der Waals surface area contributed by atoms with Crippen LogP contribution in [0.4, 0.5) is 11.5 Å². The molecule has 14 nitrogen and oxygen atoms in total. The van der Waals surface area contributed by atoms with Crippen LogP contribution in [0.5, 0.6) is 0 Å². The number of benzene rings is 1. The lowest BCUT2D eigenvalue weighted by Gasteiger charge is -2.29. The minimum atomic E-state index is -0.677. The largest absolute Gasteiger partial charge is 0.377 e. The van der Waals surface area contributed by atoms with Gasteiger partial charge in [0.1, 0.15) is 23.0 Å². The number of nitrogens with zero attached hydrogens (tertiary/aromatic N) is 3. The number of piperidine rings is 1. The van der Waals surface area contributed by atoms with E-state index in [9.17, 15) is 19.2 Å². The van der Waals surface area contributed by atoms with Crippen molar-refractivity contribution in [3.63, 3.8) is 0 Å². The van der Waals surface area contributed by atoms with Crippen molar-refractivity contribution in [3.8, 4) is 0 Å². The number of imide groups is 1. The molecule has 0 bridgehead atoms. The summed E-state index contributed by atoms with van der Waals surface area (Å²) in [4.78, 5) is 60.8. The molecule has 0 aliphatic carbocycles. The molecule has 5 rings (SSSR count). The Morgan fingerprint density at radius 3 is 2.64 bits per heavy atom. The van der Waals surface area contributed by atoms with Crippen molar-refractivity contribution >= 4 is 56.7 Å². The van der Waals surface area contributed by atoms with Gasteiger partial charge in [-0.25, -0.2) is 9.97 Å². The molecule has 42 heavy (non-hydrogen) atoms. The zero-order valence-corrected chi connectivity index (χ0v) is 23.5. The van der Waals surface area contributed by atoms with Gasteiger partial charge in [-0.05, 0) is 36.2 Å². The monoisotopic (exact) mass is 597 g/mol. The molecule has 4 amide bonds. The van der Waals surface area contributed by atoms with Crippen molar-refractivity contribution in [2.45, 2.75) is 25.4 Å². The Labute approximate surface area is 244 Å². The molecule has 0 spiro atoms. The van der Waals surface area contributed by atoms with Gasteiger partial charge in [0.05, 0.1) is 50.0 Å². The lowest BCUT2D eigenvalue weighted by Crippen LogP contribution is -2.52. The molecule has 5 N–H and O–H groups in total. The second kappa shape index (κ2) is 13.8. The van der Waals surface area contributed by atoms with Crippen molar-refractivity contribution in [1.82, 2.24) is 25.5 Å². The van der Waals surface area contributed by atoms with E-state index < -0.39 is 11.9 Å². The van der Waals surface area contributed by atoms with E-state index in [1.807, 2.05) is 6.07 Å². The highest BCUT2D eigenvalue weighted by atomic mass is 32.1. The summed E-state index contributed by atoms with van der Waals surface area (Å²) >= 11 is 1.25. The first-order valence-electron chi connectivity index (χ1n) is 13.4. The Hall–Kier alpha value is -4.02. The average Bonchev–Trinajstić information content (AvgIpc) is 3.56. The second-order valence-corrected chi connectivity index (χ2v) is 10.5. The van der Waals surface area contributed by atoms with E-state index >= 15 is 0 Å². The number of nitrogens with one attached hydrogen (secondary N) is 3. The van der Waals surface area contributed by atoms with Crippen molar-refractivity contribution < 1.29 is 33.4 Å². The van der Waals surface area contributed by atoms with E-state index in [0.29, 0.717) is 78.2 Å². The Bertz CT molecular complexity index is 1480. The minimum Gasteiger partial charge on any atom is -0.377 e. The maximum Gasteiger partial charge on any atom is 0.261 e. The first-order valence-corrected chi connectivity index (χ1v) is 14.3. The summed E-state index contributed by atoms with van der Waals surface area (Å²) in [7, 11) is 0. The number of thiophene rings is 1. The predicted molar refractivity (Wildman–Crippen MR) is 152 cm³/mol. The molecule has 1 aromatic carbocycles. The first kappa shape index (κ1) is 29.5. The van der Waals surface area contributed by atoms with Gasteiger partial charge in [-0.2, -0.15) is 0 Å². The van der Waals surface area contributed by atoms with Crippen LogP contribution in [0.25, 0.3) is 10.2 Å². The zero-order valence-electron chi connectivity index (χ0n) is 22.7. The lowest BCUT2D eigenvalue weighted by atomic mass is 10.0. The van der Waals surface area contributed by atoms with Gasteiger partial charge in [0.25, 0.3) is 11.8 Å². The van der Waals surface area contributed by atoms with Crippen LogP contribution < -0.4 is 21.7 Å². The lowest BCUT2D eigenvalue weighted by molar-refractivity contribution is -0.136. The Morgan fingerprint density at radius 2 is 1.86 bits per heavy atom. The van der Waals surface area contributed by atoms with E-state index in [4.69, 9.17) is 19.9 Å². The van der Waals surface area contributed by atoms with Crippen molar-refractivity contribution in [3.05, 3.63) is 46.6 Å². The molecule has 4 heterocycles. The number of carbonyl (C=O) groups excluding carboxylic acids is 4. The summed E-state index contributed by atoms with van der Waals surface area (Å²) in [5.74, 6) is -0.742. The number of nitrogens with two attached hydrogens (primary N) is 1. The molecule has 1 atom stereocenters. The fourth-order valence-electron chi connectivity index (χ4n) is 4.70. The van der Waals surface area contributed by atoms with E-state index in [2.05, 4.69) is 25.9 Å². The van der Waals surface area contributed by atoms with E-state index in [1.54, 1.807) is 18.2 Å². The van der Waals surface area contributed by atoms with Crippen molar-refractivity contribution in [2.75, 3.05) is 51.6 Å². The summed E-state index contributed by atoms with van der Waals surface area (Å²) < 4.78 is 15.8. The van der Waals surface area contributed by atoms with Crippen LogP contribution >= 0.6 is 11.3 Å². The van der Waals surface area contributed by atoms with E-state index in [-0.39, 0.29) is 37.4 Å². The molecule has 0 saturated carbocycles. The summed E-state index contributed by atoms with van der Waals surface area (Å²) in [6.45, 7) is 2.80. The van der Waals surface area contributed by atoms with Crippen molar-refractivity contribution in [1.29, 1.82) is 0 Å². The van der Waals surface area contributed by atoms with Gasteiger partial charge in [-0.1, -0.05) is 0 Å². The summed E-state index contributed by atoms with van der Waals surface area (Å²) in [6.07, 6.45) is 1.92. The molecule has 15 heteroatoms. The molecule has 1 saturated heterocycles. The maximum atomic E-state index is 13.0. The molecular weight excluding hydrogens is 566 g/mol. The van der Waals surface area contributed by atoms with Crippen LogP contribution in [0.1, 0.15) is 38.4 Å². The number of hydrogen-bond donors (Lipinski definition) is 4. The molecule has 222 valence electrons. The predicted octanol–water partition coefficient (Wildman–Crippen LogP) is 0.892. The highest BCUT2D eigenvalue weighted by Crippen LogP contribution is 2.33. The van der Waals surface area contributed by atoms with Crippen LogP contribution in [0.15, 0.2) is 30.6 Å². The molecular formula is C27H31N7O7S. The number of hydrogen-bond acceptors (Lipinski definition) is 12. The smallest absolute Gasteiger partial charge is 0.261 e. The second-order valence-electron chi connectivity index (χ2n) is 9.50. The normalized spacial score (nSPS) is 16.5. The highest BCUT2D eigenvalue weighted by molar-refractivity contribution is 7.20.